The maximum absolute atomic E-state index is 12.8. The zero-order valence-electron chi connectivity index (χ0n) is 17.6. The van der Waals surface area contributed by atoms with Crippen LogP contribution in [0.2, 0.25) is 0 Å². The fourth-order valence-electron chi connectivity index (χ4n) is 3.54. The third kappa shape index (κ3) is 4.80. The van der Waals surface area contributed by atoms with Crippen molar-refractivity contribution in [1.29, 1.82) is 5.26 Å². The Bertz CT molecular complexity index is 1010. The lowest BCUT2D eigenvalue weighted by molar-refractivity contribution is -0.112. The molecular formula is C24H26N2O3S. The fourth-order valence-corrected chi connectivity index (χ4v) is 4.81. The van der Waals surface area contributed by atoms with E-state index in [1.54, 1.807) is 13.0 Å². The molecule has 0 spiro atoms. The van der Waals surface area contributed by atoms with E-state index in [4.69, 9.17) is 4.74 Å². The molecule has 0 saturated carbocycles. The summed E-state index contributed by atoms with van der Waals surface area (Å²) in [6, 6.07) is 9.77. The van der Waals surface area contributed by atoms with E-state index in [0.717, 1.165) is 41.7 Å². The normalized spacial score (nSPS) is 13.5. The van der Waals surface area contributed by atoms with Crippen LogP contribution in [0.5, 0.6) is 0 Å². The number of hydrogen-bond acceptors (Lipinski definition) is 5. The van der Waals surface area contributed by atoms with Gasteiger partial charge in [0.25, 0.3) is 5.91 Å². The molecule has 1 heterocycles. The predicted octanol–water partition coefficient (Wildman–Crippen LogP) is 5.47. The Hall–Kier alpha value is -2.91. The minimum Gasteiger partial charge on any atom is -0.462 e. The fraction of sp³-hybridized carbons (Fsp3) is 0.375. The van der Waals surface area contributed by atoms with E-state index in [1.165, 1.54) is 16.9 Å². The second-order valence-corrected chi connectivity index (χ2v) is 8.69. The molecule has 0 fully saturated rings. The SMILES string of the molecule is CCOC(=O)c1c(NC(=O)/C(C#N)=C/c2ccc(C(C)C)cc2)sc2c1CCCC2. The highest BCUT2D eigenvalue weighted by molar-refractivity contribution is 7.17. The number of carbonyl (C=O) groups excluding carboxylic acids is 2. The van der Waals surface area contributed by atoms with Crippen molar-refractivity contribution in [2.75, 3.05) is 11.9 Å². The first-order valence-corrected chi connectivity index (χ1v) is 11.1. The van der Waals surface area contributed by atoms with Gasteiger partial charge in [-0.05, 0) is 61.3 Å². The van der Waals surface area contributed by atoms with Gasteiger partial charge in [0.15, 0.2) is 0 Å². The van der Waals surface area contributed by atoms with E-state index in [0.29, 0.717) is 16.5 Å². The smallest absolute Gasteiger partial charge is 0.341 e. The van der Waals surface area contributed by atoms with E-state index in [-0.39, 0.29) is 12.2 Å². The second-order valence-electron chi connectivity index (χ2n) is 7.58. The first-order valence-electron chi connectivity index (χ1n) is 10.3. The number of fused-ring (bicyclic) bond motifs is 1. The molecule has 5 nitrogen and oxygen atoms in total. The lowest BCUT2D eigenvalue weighted by Crippen LogP contribution is -2.16. The number of amides is 1. The molecule has 0 saturated heterocycles. The summed E-state index contributed by atoms with van der Waals surface area (Å²) in [6.45, 7) is 6.25. The van der Waals surface area contributed by atoms with E-state index in [1.807, 2.05) is 30.3 Å². The molecule has 0 radical (unpaired) electrons. The van der Waals surface area contributed by atoms with Crippen LogP contribution in [0, 0.1) is 11.3 Å². The van der Waals surface area contributed by atoms with Crippen LogP contribution >= 0.6 is 11.3 Å². The topological polar surface area (TPSA) is 79.2 Å². The van der Waals surface area contributed by atoms with Crippen molar-refractivity contribution in [3.63, 3.8) is 0 Å². The summed E-state index contributed by atoms with van der Waals surface area (Å²) in [5.74, 6) is -0.526. The molecule has 1 aromatic carbocycles. The van der Waals surface area contributed by atoms with Crippen LogP contribution in [0.3, 0.4) is 0 Å². The third-order valence-electron chi connectivity index (χ3n) is 5.16. The van der Waals surface area contributed by atoms with Crippen molar-refractivity contribution in [3.8, 4) is 6.07 Å². The number of benzene rings is 1. The zero-order valence-corrected chi connectivity index (χ0v) is 18.4. The van der Waals surface area contributed by atoms with Crippen molar-refractivity contribution >= 4 is 34.3 Å². The Balaban J connectivity index is 1.87. The van der Waals surface area contributed by atoms with Crippen LogP contribution in [0.1, 0.15) is 71.5 Å². The third-order valence-corrected chi connectivity index (χ3v) is 6.36. The minimum absolute atomic E-state index is 0.00604. The molecule has 0 unspecified atom stereocenters. The van der Waals surface area contributed by atoms with Crippen molar-refractivity contribution in [3.05, 3.63) is 57.0 Å². The molecule has 0 aliphatic heterocycles. The summed E-state index contributed by atoms with van der Waals surface area (Å²) in [5, 5.41) is 12.8. The van der Waals surface area contributed by atoms with Crippen LogP contribution in [-0.2, 0) is 22.4 Å². The molecule has 156 valence electrons. The molecule has 0 bridgehead atoms. The van der Waals surface area contributed by atoms with Crippen molar-refractivity contribution in [1.82, 2.24) is 0 Å². The molecule has 3 rings (SSSR count). The van der Waals surface area contributed by atoms with Gasteiger partial charge in [0.05, 0.1) is 12.2 Å². The van der Waals surface area contributed by atoms with Crippen LogP contribution in [0.25, 0.3) is 6.08 Å². The maximum atomic E-state index is 12.8. The largest absolute Gasteiger partial charge is 0.462 e. The van der Waals surface area contributed by atoms with E-state index < -0.39 is 11.9 Å². The van der Waals surface area contributed by atoms with E-state index in [9.17, 15) is 14.9 Å². The number of thiophene rings is 1. The van der Waals surface area contributed by atoms with Gasteiger partial charge in [-0.1, -0.05) is 38.1 Å². The molecule has 1 N–H and O–H groups in total. The lowest BCUT2D eigenvalue weighted by atomic mass is 9.95. The van der Waals surface area contributed by atoms with Gasteiger partial charge in [-0.15, -0.1) is 11.3 Å². The molecule has 1 aliphatic rings. The summed E-state index contributed by atoms with van der Waals surface area (Å²) >= 11 is 1.41. The monoisotopic (exact) mass is 422 g/mol. The van der Waals surface area contributed by atoms with Gasteiger partial charge in [0.1, 0.15) is 16.6 Å². The number of anilines is 1. The summed E-state index contributed by atoms with van der Waals surface area (Å²) in [4.78, 5) is 26.5. The number of nitrogens with zero attached hydrogens (tertiary/aromatic N) is 1. The molecule has 1 aliphatic carbocycles. The molecular weight excluding hydrogens is 396 g/mol. The summed E-state index contributed by atoms with van der Waals surface area (Å²) in [6.07, 6.45) is 5.35. The van der Waals surface area contributed by atoms with Crippen molar-refractivity contribution < 1.29 is 14.3 Å². The second kappa shape index (κ2) is 9.73. The van der Waals surface area contributed by atoms with Gasteiger partial charge in [-0.3, -0.25) is 4.79 Å². The highest BCUT2D eigenvalue weighted by atomic mass is 32.1. The molecule has 1 amide bonds. The number of rotatable bonds is 6. The van der Waals surface area contributed by atoms with Gasteiger partial charge in [-0.25, -0.2) is 4.79 Å². The predicted molar refractivity (Wildman–Crippen MR) is 120 cm³/mol. The Kier molecular flexibility index (Phi) is 7.07. The Morgan fingerprint density at radius 2 is 1.93 bits per heavy atom. The molecule has 0 atom stereocenters. The number of aryl methyl sites for hydroxylation is 1. The Morgan fingerprint density at radius 3 is 2.57 bits per heavy atom. The number of ether oxygens (including phenoxy) is 1. The molecule has 30 heavy (non-hydrogen) atoms. The van der Waals surface area contributed by atoms with Gasteiger partial charge >= 0.3 is 5.97 Å². The quantitative estimate of drug-likeness (QED) is 0.380. The standard InChI is InChI=1S/C24H26N2O3S/c1-4-29-24(28)21-19-7-5-6-8-20(19)30-23(21)26-22(27)18(14-25)13-16-9-11-17(12-10-16)15(2)3/h9-13,15H,4-8H2,1-3H3,(H,26,27)/b18-13+. The average molecular weight is 423 g/mol. The van der Waals surface area contributed by atoms with Crippen LogP contribution in [0.4, 0.5) is 5.00 Å². The Labute approximate surface area is 181 Å². The van der Waals surface area contributed by atoms with Crippen LogP contribution in [-0.4, -0.2) is 18.5 Å². The minimum atomic E-state index is -0.519. The van der Waals surface area contributed by atoms with E-state index >= 15 is 0 Å². The maximum Gasteiger partial charge on any atom is 0.341 e. The number of nitriles is 1. The number of nitrogens with one attached hydrogen (secondary N) is 1. The Morgan fingerprint density at radius 1 is 1.23 bits per heavy atom. The summed E-state index contributed by atoms with van der Waals surface area (Å²) in [7, 11) is 0. The first kappa shape index (κ1) is 21.8. The highest BCUT2D eigenvalue weighted by Gasteiger charge is 2.27. The van der Waals surface area contributed by atoms with Gasteiger partial charge < -0.3 is 10.1 Å². The number of carbonyl (C=O) groups is 2. The summed E-state index contributed by atoms with van der Waals surface area (Å²) < 4.78 is 5.22. The van der Waals surface area contributed by atoms with Crippen molar-refractivity contribution in [2.45, 2.75) is 52.4 Å². The van der Waals surface area contributed by atoms with Crippen molar-refractivity contribution in [2.24, 2.45) is 0 Å². The summed E-state index contributed by atoms with van der Waals surface area (Å²) in [5.41, 5.74) is 3.39. The first-order chi connectivity index (χ1) is 14.4. The molecule has 2 aromatic rings. The van der Waals surface area contributed by atoms with Gasteiger partial charge in [0.2, 0.25) is 0 Å². The average Bonchev–Trinajstić information content (AvgIpc) is 3.10. The van der Waals surface area contributed by atoms with Gasteiger partial charge in [-0.2, -0.15) is 5.26 Å². The van der Waals surface area contributed by atoms with Crippen LogP contribution < -0.4 is 5.32 Å². The van der Waals surface area contributed by atoms with Crippen LogP contribution in [0.15, 0.2) is 29.8 Å². The molecule has 6 heteroatoms. The number of esters is 1. The zero-order chi connectivity index (χ0) is 21.7. The highest BCUT2D eigenvalue weighted by Crippen LogP contribution is 2.38. The lowest BCUT2D eigenvalue weighted by Gasteiger charge is -2.12. The number of hydrogen-bond donors (Lipinski definition) is 1. The molecule has 1 aromatic heterocycles. The van der Waals surface area contributed by atoms with Gasteiger partial charge in [0, 0.05) is 4.88 Å². The van der Waals surface area contributed by atoms with E-state index in [2.05, 4.69) is 19.2 Å².